The Kier molecular flexibility index (Phi) is 5.92. The minimum Gasteiger partial charge on any atom is -0.489 e. The molecule has 0 unspecified atom stereocenters. The second-order valence-electron chi connectivity index (χ2n) is 8.27. The zero-order valence-electron chi connectivity index (χ0n) is 18.1. The molecule has 0 aliphatic carbocycles. The molecule has 0 amide bonds. The van der Waals surface area contributed by atoms with Crippen LogP contribution in [0.5, 0.6) is 5.75 Å². The second-order valence-corrected chi connectivity index (χ2v) is 8.27. The first-order chi connectivity index (χ1) is 16.1. The van der Waals surface area contributed by atoms with Gasteiger partial charge in [0.2, 0.25) is 0 Å². The van der Waals surface area contributed by atoms with Crippen molar-refractivity contribution < 1.29 is 13.5 Å². The van der Waals surface area contributed by atoms with E-state index in [1.54, 1.807) is 12.3 Å². The number of nitrogens with zero attached hydrogens (tertiary/aromatic N) is 4. The molecule has 33 heavy (non-hydrogen) atoms. The Bertz CT molecular complexity index is 1340. The van der Waals surface area contributed by atoms with Gasteiger partial charge in [0.05, 0.1) is 18.3 Å². The molecular weight excluding hydrogens is 426 g/mol. The van der Waals surface area contributed by atoms with E-state index in [9.17, 15) is 13.6 Å². The molecule has 0 saturated carbocycles. The van der Waals surface area contributed by atoms with E-state index in [0.29, 0.717) is 11.3 Å². The van der Waals surface area contributed by atoms with E-state index >= 15 is 0 Å². The van der Waals surface area contributed by atoms with Gasteiger partial charge >= 0.3 is 0 Å². The molecule has 0 radical (unpaired) electrons. The number of halogens is 2. The summed E-state index contributed by atoms with van der Waals surface area (Å²) in [5.41, 5.74) is 2.00. The van der Waals surface area contributed by atoms with Crippen molar-refractivity contribution in [1.29, 1.82) is 0 Å². The molecule has 1 fully saturated rings. The fourth-order valence-corrected chi connectivity index (χ4v) is 4.20. The van der Waals surface area contributed by atoms with Crippen molar-refractivity contribution in [3.63, 3.8) is 0 Å². The number of aromatic nitrogens is 3. The molecule has 8 heteroatoms. The molecule has 0 atom stereocenters. The molecule has 2 aromatic heterocycles. The van der Waals surface area contributed by atoms with Crippen molar-refractivity contribution in [3.8, 4) is 11.4 Å². The van der Waals surface area contributed by atoms with Crippen LogP contribution in [0.1, 0.15) is 18.4 Å². The fraction of sp³-hybridized carbons (Fsp3) is 0.280. The first-order valence-electron chi connectivity index (χ1n) is 11.0. The Morgan fingerprint density at radius 3 is 2.58 bits per heavy atom. The van der Waals surface area contributed by atoms with Gasteiger partial charge in [-0.1, -0.05) is 6.07 Å². The van der Waals surface area contributed by atoms with Crippen molar-refractivity contribution in [2.75, 3.05) is 19.6 Å². The first-order valence-corrected chi connectivity index (χ1v) is 11.0. The minimum atomic E-state index is -0.929. The average Bonchev–Trinajstić information content (AvgIpc) is 3.48. The number of hydrogen-bond donors (Lipinski definition) is 0. The van der Waals surface area contributed by atoms with Crippen LogP contribution in [0, 0.1) is 11.6 Å². The number of fused-ring (bicyclic) bond motifs is 1. The maximum Gasteiger partial charge on any atom is 0.258 e. The summed E-state index contributed by atoms with van der Waals surface area (Å²) in [5.74, 6) is -1.48. The summed E-state index contributed by atoms with van der Waals surface area (Å²) in [6.07, 6.45) is 6.01. The van der Waals surface area contributed by atoms with Gasteiger partial charge < -0.3 is 9.64 Å². The summed E-state index contributed by atoms with van der Waals surface area (Å²) in [7, 11) is 0. The summed E-state index contributed by atoms with van der Waals surface area (Å²) in [4.78, 5) is 15.1. The Balaban J connectivity index is 1.29. The van der Waals surface area contributed by atoms with E-state index in [2.05, 4.69) is 10.00 Å². The van der Waals surface area contributed by atoms with Crippen LogP contribution < -0.4 is 10.3 Å². The van der Waals surface area contributed by atoms with Crippen LogP contribution in [0.4, 0.5) is 8.78 Å². The highest BCUT2D eigenvalue weighted by Crippen LogP contribution is 2.19. The quantitative estimate of drug-likeness (QED) is 0.425. The molecule has 4 aromatic rings. The van der Waals surface area contributed by atoms with Crippen LogP contribution in [0.3, 0.4) is 0 Å². The van der Waals surface area contributed by atoms with Gasteiger partial charge in [-0.2, -0.15) is 5.10 Å². The third-order valence-corrected chi connectivity index (χ3v) is 6.01. The van der Waals surface area contributed by atoms with E-state index in [1.165, 1.54) is 29.5 Å². The van der Waals surface area contributed by atoms with Crippen molar-refractivity contribution in [1.82, 2.24) is 19.2 Å². The SMILES string of the molecule is O=c1cc(OCc2ccc(F)c(F)c2)ccn1-c1ccc2c(cnn2CCN2CCCC2)c1. The maximum atomic E-state index is 13.3. The lowest BCUT2D eigenvalue weighted by Gasteiger charge is -2.14. The number of benzene rings is 2. The Morgan fingerprint density at radius 2 is 1.79 bits per heavy atom. The van der Waals surface area contributed by atoms with E-state index in [4.69, 9.17) is 4.74 Å². The molecule has 2 aromatic carbocycles. The standard InChI is InChI=1S/C25H24F2N4O2/c26-22-5-3-18(13-23(22)27)17-33-21-7-10-30(25(32)15-21)20-4-6-24-19(14-20)16-28-31(24)12-11-29-8-1-2-9-29/h3-7,10,13-16H,1-2,8-9,11-12,17H2. The zero-order chi connectivity index (χ0) is 22.8. The normalized spacial score (nSPS) is 14.2. The van der Waals surface area contributed by atoms with Gasteiger partial charge in [-0.05, 0) is 67.9 Å². The molecule has 170 valence electrons. The lowest BCUT2D eigenvalue weighted by atomic mass is 10.2. The predicted octanol–water partition coefficient (Wildman–Crippen LogP) is 4.14. The third kappa shape index (κ3) is 4.66. The van der Waals surface area contributed by atoms with Crippen LogP contribution in [0.2, 0.25) is 0 Å². The molecule has 1 saturated heterocycles. The minimum absolute atomic E-state index is 0.0310. The summed E-state index contributed by atoms with van der Waals surface area (Å²) in [5, 5.41) is 5.50. The molecule has 6 nitrogen and oxygen atoms in total. The van der Waals surface area contributed by atoms with Crippen LogP contribution in [-0.4, -0.2) is 38.9 Å². The second kappa shape index (κ2) is 9.15. The van der Waals surface area contributed by atoms with E-state index in [-0.39, 0.29) is 12.2 Å². The van der Waals surface area contributed by atoms with E-state index in [1.807, 2.05) is 29.1 Å². The summed E-state index contributed by atoms with van der Waals surface area (Å²) < 4.78 is 35.5. The Labute approximate surface area is 189 Å². The molecule has 1 aliphatic rings. The summed E-state index contributed by atoms with van der Waals surface area (Å²) in [6.45, 7) is 4.18. The van der Waals surface area contributed by atoms with E-state index < -0.39 is 11.6 Å². The first kappa shape index (κ1) is 21.3. The topological polar surface area (TPSA) is 52.3 Å². The largest absolute Gasteiger partial charge is 0.489 e. The van der Waals surface area contributed by atoms with Crippen molar-refractivity contribution >= 4 is 10.9 Å². The Morgan fingerprint density at radius 1 is 0.939 bits per heavy atom. The molecule has 5 rings (SSSR count). The summed E-state index contributed by atoms with van der Waals surface area (Å²) >= 11 is 0. The molecule has 0 spiro atoms. The van der Waals surface area contributed by atoms with Gasteiger partial charge in [-0.15, -0.1) is 0 Å². The highest BCUT2D eigenvalue weighted by molar-refractivity contribution is 5.80. The van der Waals surface area contributed by atoms with E-state index in [0.717, 1.165) is 54.9 Å². The smallest absolute Gasteiger partial charge is 0.258 e. The molecule has 0 bridgehead atoms. The molecule has 0 N–H and O–H groups in total. The molecule has 1 aliphatic heterocycles. The van der Waals surface area contributed by atoms with Crippen molar-refractivity contribution in [3.05, 3.63) is 88.5 Å². The van der Waals surface area contributed by atoms with Gasteiger partial charge in [-0.25, -0.2) is 8.78 Å². The highest BCUT2D eigenvalue weighted by Gasteiger charge is 2.12. The molecule has 3 heterocycles. The fourth-order valence-electron chi connectivity index (χ4n) is 4.20. The Hall–Kier alpha value is -3.52. The number of hydrogen-bond acceptors (Lipinski definition) is 4. The monoisotopic (exact) mass is 450 g/mol. The zero-order valence-corrected chi connectivity index (χ0v) is 18.1. The van der Waals surface area contributed by atoms with Crippen molar-refractivity contribution in [2.24, 2.45) is 0 Å². The van der Waals surface area contributed by atoms with Gasteiger partial charge in [0, 0.05) is 29.9 Å². The molecular formula is C25H24F2N4O2. The van der Waals surface area contributed by atoms with Crippen molar-refractivity contribution in [2.45, 2.75) is 26.0 Å². The number of ether oxygens (including phenoxy) is 1. The predicted molar refractivity (Wildman–Crippen MR) is 122 cm³/mol. The van der Waals surface area contributed by atoms with Gasteiger partial charge in [0.15, 0.2) is 11.6 Å². The number of pyridine rings is 1. The van der Waals surface area contributed by atoms with Crippen LogP contribution in [0.15, 0.2) is 65.7 Å². The lowest BCUT2D eigenvalue weighted by Crippen LogP contribution is -2.24. The number of rotatable bonds is 7. The van der Waals surface area contributed by atoms with Crippen LogP contribution in [0.25, 0.3) is 16.6 Å². The van der Waals surface area contributed by atoms with Crippen LogP contribution >= 0.6 is 0 Å². The van der Waals surface area contributed by atoms with Gasteiger partial charge in [-0.3, -0.25) is 14.0 Å². The van der Waals surface area contributed by atoms with Crippen LogP contribution in [-0.2, 0) is 13.2 Å². The lowest BCUT2D eigenvalue weighted by molar-refractivity contribution is 0.304. The van der Waals surface area contributed by atoms with Gasteiger partial charge in [0.1, 0.15) is 12.4 Å². The maximum absolute atomic E-state index is 13.3. The number of likely N-dealkylation sites (tertiary alicyclic amines) is 1. The summed E-state index contributed by atoms with van der Waals surface area (Å²) in [6, 6.07) is 12.5. The third-order valence-electron chi connectivity index (χ3n) is 6.01. The van der Waals surface area contributed by atoms with Gasteiger partial charge in [0.25, 0.3) is 5.56 Å². The average molecular weight is 450 g/mol. The highest BCUT2D eigenvalue weighted by atomic mass is 19.2.